The van der Waals surface area contributed by atoms with Crippen LogP contribution in [0.5, 0.6) is 0 Å². The van der Waals surface area contributed by atoms with E-state index in [1.807, 2.05) is 11.7 Å². The molecule has 12 heavy (non-hydrogen) atoms. The molecule has 0 spiro atoms. The summed E-state index contributed by atoms with van der Waals surface area (Å²) in [5.41, 5.74) is 5.82. The van der Waals surface area contributed by atoms with Gasteiger partial charge in [0.25, 0.3) is 0 Å². The summed E-state index contributed by atoms with van der Waals surface area (Å²) in [6, 6.07) is 0.367. The molecule has 4 nitrogen and oxygen atoms in total. The van der Waals surface area contributed by atoms with Crippen LogP contribution >= 0.6 is 0 Å². The zero-order valence-electron chi connectivity index (χ0n) is 7.27. The van der Waals surface area contributed by atoms with Gasteiger partial charge >= 0.3 is 0 Å². The van der Waals surface area contributed by atoms with Gasteiger partial charge in [0.05, 0.1) is 0 Å². The SMILES string of the molecule is Cn1ncnc1C1CCC(N)C1. The van der Waals surface area contributed by atoms with Crippen LogP contribution in [0.1, 0.15) is 31.0 Å². The van der Waals surface area contributed by atoms with Crippen LogP contribution in [-0.4, -0.2) is 20.8 Å². The van der Waals surface area contributed by atoms with E-state index in [1.165, 1.54) is 0 Å². The molecule has 1 aromatic rings. The Bertz CT molecular complexity index is 268. The van der Waals surface area contributed by atoms with Gasteiger partial charge in [-0.25, -0.2) is 4.98 Å². The van der Waals surface area contributed by atoms with E-state index in [9.17, 15) is 0 Å². The van der Waals surface area contributed by atoms with E-state index in [0.29, 0.717) is 12.0 Å². The minimum absolute atomic E-state index is 0.367. The minimum atomic E-state index is 0.367. The van der Waals surface area contributed by atoms with Crippen LogP contribution in [-0.2, 0) is 7.05 Å². The largest absolute Gasteiger partial charge is 0.328 e. The first-order valence-corrected chi connectivity index (χ1v) is 4.37. The Balaban J connectivity index is 2.16. The monoisotopic (exact) mass is 166 g/mol. The lowest BCUT2D eigenvalue weighted by molar-refractivity contribution is 0.591. The second-order valence-electron chi connectivity index (χ2n) is 3.51. The molecule has 1 heterocycles. The molecule has 2 rings (SSSR count). The van der Waals surface area contributed by atoms with Crippen molar-refractivity contribution < 1.29 is 0 Å². The highest BCUT2D eigenvalue weighted by Gasteiger charge is 2.25. The molecule has 1 fully saturated rings. The maximum Gasteiger partial charge on any atom is 0.138 e. The van der Waals surface area contributed by atoms with Crippen molar-refractivity contribution in [3.05, 3.63) is 12.2 Å². The molecule has 1 aliphatic rings. The summed E-state index contributed by atoms with van der Waals surface area (Å²) in [4.78, 5) is 4.23. The van der Waals surface area contributed by atoms with Crippen LogP contribution in [0, 0.1) is 0 Å². The topological polar surface area (TPSA) is 56.7 Å². The molecule has 0 aromatic carbocycles. The van der Waals surface area contributed by atoms with E-state index in [2.05, 4.69) is 10.1 Å². The molecule has 0 radical (unpaired) electrons. The highest BCUT2D eigenvalue weighted by molar-refractivity contribution is 5.00. The molecule has 1 saturated carbocycles. The zero-order valence-corrected chi connectivity index (χ0v) is 7.27. The smallest absolute Gasteiger partial charge is 0.138 e. The summed E-state index contributed by atoms with van der Waals surface area (Å²) in [7, 11) is 1.94. The fourth-order valence-electron chi connectivity index (χ4n) is 1.93. The van der Waals surface area contributed by atoms with Crippen molar-refractivity contribution in [3.8, 4) is 0 Å². The summed E-state index contributed by atoms with van der Waals surface area (Å²) >= 11 is 0. The van der Waals surface area contributed by atoms with Gasteiger partial charge in [0.1, 0.15) is 12.2 Å². The third-order valence-electron chi connectivity index (χ3n) is 2.58. The second-order valence-corrected chi connectivity index (χ2v) is 3.51. The Kier molecular flexibility index (Phi) is 1.84. The maximum absolute atomic E-state index is 5.82. The zero-order chi connectivity index (χ0) is 8.55. The first-order chi connectivity index (χ1) is 5.77. The highest BCUT2D eigenvalue weighted by Crippen LogP contribution is 2.31. The number of aryl methyl sites for hydroxylation is 1. The van der Waals surface area contributed by atoms with Gasteiger partial charge in [-0.2, -0.15) is 5.10 Å². The molecule has 0 amide bonds. The number of hydrogen-bond acceptors (Lipinski definition) is 3. The molecule has 2 N–H and O–H groups in total. The third kappa shape index (κ3) is 1.22. The van der Waals surface area contributed by atoms with E-state index >= 15 is 0 Å². The van der Waals surface area contributed by atoms with E-state index in [1.54, 1.807) is 6.33 Å². The van der Waals surface area contributed by atoms with E-state index in [0.717, 1.165) is 25.1 Å². The van der Waals surface area contributed by atoms with Gasteiger partial charge in [0, 0.05) is 19.0 Å². The van der Waals surface area contributed by atoms with E-state index in [4.69, 9.17) is 5.73 Å². The van der Waals surface area contributed by atoms with Crippen molar-refractivity contribution >= 4 is 0 Å². The second kappa shape index (κ2) is 2.86. The standard InChI is InChI=1S/C8H14N4/c1-12-8(10-5-11-12)6-2-3-7(9)4-6/h5-7H,2-4,9H2,1H3. The molecule has 66 valence electrons. The predicted octanol–water partition coefficient (Wildman–Crippen LogP) is 0.410. The van der Waals surface area contributed by atoms with Gasteiger partial charge in [-0.15, -0.1) is 0 Å². The first-order valence-electron chi connectivity index (χ1n) is 4.37. The van der Waals surface area contributed by atoms with Crippen LogP contribution in [0.3, 0.4) is 0 Å². The Morgan fingerprint density at radius 3 is 2.92 bits per heavy atom. The fraction of sp³-hybridized carbons (Fsp3) is 0.750. The summed E-state index contributed by atoms with van der Waals surface area (Å²) in [6.07, 6.45) is 4.96. The molecule has 0 aliphatic heterocycles. The molecule has 0 saturated heterocycles. The number of aromatic nitrogens is 3. The van der Waals surface area contributed by atoms with Gasteiger partial charge in [0.15, 0.2) is 0 Å². The van der Waals surface area contributed by atoms with Crippen molar-refractivity contribution in [1.82, 2.24) is 14.8 Å². The van der Waals surface area contributed by atoms with Crippen LogP contribution in [0.15, 0.2) is 6.33 Å². The summed E-state index contributed by atoms with van der Waals surface area (Å²) < 4.78 is 1.85. The van der Waals surface area contributed by atoms with Crippen molar-refractivity contribution in [2.24, 2.45) is 12.8 Å². The average Bonchev–Trinajstić information content (AvgIpc) is 2.58. The van der Waals surface area contributed by atoms with Crippen molar-refractivity contribution in [2.75, 3.05) is 0 Å². The molecule has 0 bridgehead atoms. The quantitative estimate of drug-likeness (QED) is 0.657. The van der Waals surface area contributed by atoms with Crippen LogP contribution in [0.25, 0.3) is 0 Å². The summed E-state index contributed by atoms with van der Waals surface area (Å²) in [6.45, 7) is 0. The molecular weight excluding hydrogens is 152 g/mol. The average molecular weight is 166 g/mol. The van der Waals surface area contributed by atoms with Crippen molar-refractivity contribution in [1.29, 1.82) is 0 Å². The lowest BCUT2D eigenvalue weighted by atomic mass is 10.1. The van der Waals surface area contributed by atoms with Gasteiger partial charge in [-0.1, -0.05) is 0 Å². The Morgan fingerprint density at radius 1 is 1.58 bits per heavy atom. The number of hydrogen-bond donors (Lipinski definition) is 1. The Labute approximate surface area is 71.8 Å². The van der Waals surface area contributed by atoms with Gasteiger partial charge < -0.3 is 5.73 Å². The minimum Gasteiger partial charge on any atom is -0.328 e. The van der Waals surface area contributed by atoms with Gasteiger partial charge in [-0.05, 0) is 19.3 Å². The molecule has 2 atom stereocenters. The lowest BCUT2D eigenvalue weighted by Crippen LogP contribution is -2.15. The number of nitrogens with two attached hydrogens (primary N) is 1. The lowest BCUT2D eigenvalue weighted by Gasteiger charge is -2.07. The number of rotatable bonds is 1. The molecule has 1 aromatic heterocycles. The molecule has 1 aliphatic carbocycles. The fourth-order valence-corrected chi connectivity index (χ4v) is 1.93. The first kappa shape index (κ1) is 7.73. The van der Waals surface area contributed by atoms with Crippen LogP contribution in [0.4, 0.5) is 0 Å². The number of nitrogens with zero attached hydrogens (tertiary/aromatic N) is 3. The molecular formula is C8H14N4. The Morgan fingerprint density at radius 2 is 2.42 bits per heavy atom. The summed E-state index contributed by atoms with van der Waals surface area (Å²) in [5.74, 6) is 1.62. The van der Waals surface area contributed by atoms with Crippen LogP contribution in [0.2, 0.25) is 0 Å². The normalized spacial score (nSPS) is 29.5. The predicted molar refractivity (Wildman–Crippen MR) is 45.6 cm³/mol. The van der Waals surface area contributed by atoms with Crippen molar-refractivity contribution in [3.63, 3.8) is 0 Å². The van der Waals surface area contributed by atoms with E-state index in [-0.39, 0.29) is 0 Å². The maximum atomic E-state index is 5.82. The van der Waals surface area contributed by atoms with Gasteiger partial charge in [0.2, 0.25) is 0 Å². The van der Waals surface area contributed by atoms with Gasteiger partial charge in [-0.3, -0.25) is 4.68 Å². The van der Waals surface area contributed by atoms with Crippen LogP contribution < -0.4 is 5.73 Å². The van der Waals surface area contributed by atoms with E-state index < -0.39 is 0 Å². The molecule has 4 heteroatoms. The molecule has 2 unspecified atom stereocenters. The summed E-state index contributed by atoms with van der Waals surface area (Å²) in [5, 5.41) is 4.05. The third-order valence-corrected chi connectivity index (χ3v) is 2.58. The highest BCUT2D eigenvalue weighted by atomic mass is 15.3. The van der Waals surface area contributed by atoms with Crippen molar-refractivity contribution in [2.45, 2.75) is 31.2 Å². The Hall–Kier alpha value is -0.900.